The van der Waals surface area contributed by atoms with Crippen LogP contribution in [0.2, 0.25) is 0 Å². The maximum Gasteiger partial charge on any atom is 0.407 e. The molecule has 2 aromatic rings. The van der Waals surface area contributed by atoms with Crippen LogP contribution in [-0.2, 0) is 19.9 Å². The summed E-state index contributed by atoms with van der Waals surface area (Å²) in [7, 11) is 1.69. The second kappa shape index (κ2) is 14.4. The van der Waals surface area contributed by atoms with Crippen molar-refractivity contribution in [3.05, 3.63) is 60.2 Å². The molecule has 2 aromatic carbocycles. The van der Waals surface area contributed by atoms with Crippen LogP contribution >= 0.6 is 0 Å². The van der Waals surface area contributed by atoms with Crippen molar-refractivity contribution in [2.45, 2.75) is 89.4 Å². The fraction of sp³-hybridized carbons (Fsp3) is 0.588. The van der Waals surface area contributed by atoms with Gasteiger partial charge in [-0.1, -0.05) is 36.4 Å². The number of methoxy groups -OCH3 is 1. The highest BCUT2D eigenvalue weighted by Crippen LogP contribution is 2.44. The van der Waals surface area contributed by atoms with Crippen molar-refractivity contribution in [1.82, 2.24) is 10.2 Å². The first-order valence-corrected chi connectivity index (χ1v) is 15.4. The monoisotopic (exact) mass is 580 g/mol. The molecular weight excluding hydrogens is 532 g/mol. The van der Waals surface area contributed by atoms with Gasteiger partial charge in [-0.3, -0.25) is 4.79 Å². The molecule has 1 aliphatic carbocycles. The molecule has 2 aliphatic rings. The van der Waals surface area contributed by atoms with Gasteiger partial charge in [0.15, 0.2) is 0 Å². The summed E-state index contributed by atoms with van der Waals surface area (Å²) in [6.45, 7) is 7.31. The van der Waals surface area contributed by atoms with Gasteiger partial charge in [0.25, 0.3) is 0 Å². The average molecular weight is 581 g/mol. The molecule has 1 aliphatic heterocycles. The van der Waals surface area contributed by atoms with Crippen molar-refractivity contribution < 1.29 is 28.9 Å². The zero-order valence-electron chi connectivity index (χ0n) is 25.6. The number of benzene rings is 2. The molecule has 42 heavy (non-hydrogen) atoms. The van der Waals surface area contributed by atoms with Gasteiger partial charge in [-0.2, -0.15) is 0 Å². The highest BCUT2D eigenvalue weighted by atomic mass is 16.6. The first-order valence-electron chi connectivity index (χ1n) is 15.4. The lowest BCUT2D eigenvalue weighted by molar-refractivity contribution is -0.141. The number of nitrogens with one attached hydrogen (secondary N) is 1. The maximum absolute atomic E-state index is 13.7. The molecule has 2 fully saturated rings. The third kappa shape index (κ3) is 8.48. The van der Waals surface area contributed by atoms with Crippen LogP contribution < -0.4 is 10.1 Å². The van der Waals surface area contributed by atoms with Crippen LogP contribution in [-0.4, -0.2) is 60.5 Å². The minimum absolute atomic E-state index is 0.0749. The molecule has 230 valence electrons. The van der Waals surface area contributed by atoms with Crippen LogP contribution in [0.1, 0.15) is 77.7 Å². The lowest BCUT2D eigenvalue weighted by atomic mass is 9.73. The number of hydrogen-bond acceptors (Lipinski definition) is 6. The molecule has 0 spiro atoms. The van der Waals surface area contributed by atoms with E-state index in [1.807, 2.05) is 80.3 Å². The number of carbonyl (C=O) groups is 2. The fourth-order valence-electron chi connectivity index (χ4n) is 6.36. The fourth-order valence-corrected chi connectivity index (χ4v) is 6.36. The summed E-state index contributed by atoms with van der Waals surface area (Å²) in [6.07, 6.45) is 5.46. The van der Waals surface area contributed by atoms with Crippen molar-refractivity contribution in [3.8, 4) is 11.5 Å². The number of ether oxygens (including phenoxy) is 3. The molecule has 0 aromatic heterocycles. The largest absolute Gasteiger partial charge is 0.457 e. The zero-order valence-corrected chi connectivity index (χ0v) is 25.6. The van der Waals surface area contributed by atoms with Crippen LogP contribution in [0.3, 0.4) is 0 Å². The number of aliphatic hydroxyl groups is 1. The van der Waals surface area contributed by atoms with Gasteiger partial charge in [0.05, 0.1) is 5.60 Å². The minimum Gasteiger partial charge on any atom is -0.457 e. The molecule has 1 heterocycles. The van der Waals surface area contributed by atoms with Crippen molar-refractivity contribution >= 4 is 12.0 Å². The Morgan fingerprint density at radius 3 is 2.48 bits per heavy atom. The molecule has 8 heteroatoms. The quantitative estimate of drug-likeness (QED) is 0.298. The molecule has 1 saturated heterocycles. The van der Waals surface area contributed by atoms with Gasteiger partial charge < -0.3 is 29.5 Å². The Morgan fingerprint density at radius 2 is 1.74 bits per heavy atom. The number of carbonyl (C=O) groups excluding carboxylic acids is 2. The minimum atomic E-state index is -1.17. The van der Waals surface area contributed by atoms with Crippen molar-refractivity contribution in [2.24, 2.45) is 11.8 Å². The number of alkyl carbamates (subject to hydrolysis) is 1. The second-order valence-corrected chi connectivity index (χ2v) is 12.8. The highest BCUT2D eigenvalue weighted by Gasteiger charge is 2.44. The standard InChI is InChI=1S/C34H48N2O6/c1-33(2,3)42-32(38)35-27-19-18-25(23-27)31(37)36-21-12-13-26(24-36)34(39,20-10-11-22-40-4)29-16-8-9-17-30(29)41-28-14-6-5-7-15-28/h5-9,14-17,25-27,39H,10-13,18-24H2,1-4H3,(H,35,38)/t25-,26-,27+,34+/m1/s1. The number of hydrogen-bond donors (Lipinski definition) is 2. The smallest absolute Gasteiger partial charge is 0.407 e. The molecular formula is C34H48N2O6. The summed E-state index contributed by atoms with van der Waals surface area (Å²) < 4.78 is 17.0. The number of nitrogens with zero attached hydrogens (tertiary/aromatic N) is 1. The molecule has 0 unspecified atom stereocenters. The first kappa shape index (κ1) is 31.8. The number of likely N-dealkylation sites (tertiary alicyclic amines) is 1. The maximum atomic E-state index is 13.7. The van der Waals surface area contributed by atoms with Gasteiger partial charge in [0.2, 0.25) is 5.91 Å². The number of rotatable bonds is 11. The molecule has 4 atom stereocenters. The third-order valence-corrected chi connectivity index (χ3v) is 8.39. The van der Waals surface area contributed by atoms with E-state index in [1.165, 1.54) is 0 Å². The number of para-hydroxylation sites is 2. The van der Waals surface area contributed by atoms with Gasteiger partial charge in [-0.25, -0.2) is 4.79 Å². The number of amides is 2. The average Bonchev–Trinajstić information content (AvgIpc) is 3.43. The van der Waals surface area contributed by atoms with Crippen LogP contribution in [0.15, 0.2) is 54.6 Å². The van der Waals surface area contributed by atoms with E-state index in [9.17, 15) is 14.7 Å². The number of piperidine rings is 1. The summed E-state index contributed by atoms with van der Waals surface area (Å²) in [6, 6.07) is 17.3. The van der Waals surface area contributed by atoms with E-state index in [0.717, 1.165) is 44.1 Å². The Labute approximate surface area is 250 Å². The first-order chi connectivity index (χ1) is 20.1. The van der Waals surface area contributed by atoms with E-state index in [0.29, 0.717) is 44.0 Å². The Hall–Kier alpha value is -3.10. The van der Waals surface area contributed by atoms with E-state index in [-0.39, 0.29) is 23.8 Å². The molecule has 2 amide bonds. The van der Waals surface area contributed by atoms with Crippen molar-refractivity contribution in [3.63, 3.8) is 0 Å². The lowest BCUT2D eigenvalue weighted by Crippen LogP contribution is -2.49. The van der Waals surface area contributed by atoms with Gasteiger partial charge in [0.1, 0.15) is 17.1 Å². The summed E-state index contributed by atoms with van der Waals surface area (Å²) >= 11 is 0. The normalized spacial score (nSPS) is 22.3. The Morgan fingerprint density at radius 1 is 1.00 bits per heavy atom. The summed E-state index contributed by atoms with van der Waals surface area (Å²) in [4.78, 5) is 28.0. The Bertz CT molecular complexity index is 1170. The highest BCUT2D eigenvalue weighted by molar-refractivity contribution is 5.79. The molecule has 0 radical (unpaired) electrons. The van der Waals surface area contributed by atoms with Crippen molar-refractivity contribution in [2.75, 3.05) is 26.8 Å². The van der Waals surface area contributed by atoms with Crippen LogP contribution in [0, 0.1) is 11.8 Å². The topological polar surface area (TPSA) is 97.3 Å². The van der Waals surface area contributed by atoms with E-state index < -0.39 is 17.3 Å². The Balaban J connectivity index is 1.49. The third-order valence-electron chi connectivity index (χ3n) is 8.39. The summed E-state index contributed by atoms with van der Waals surface area (Å²) in [5.41, 5.74) is -0.978. The SMILES string of the molecule is COCCCC[C@@](O)(c1ccccc1Oc1ccccc1)[C@@H]1CCCN(C(=O)[C@@H]2CC[C@H](NC(=O)OC(C)(C)C)C2)C1. The molecule has 8 nitrogen and oxygen atoms in total. The molecule has 2 N–H and O–H groups in total. The van der Waals surface area contributed by atoms with E-state index >= 15 is 0 Å². The van der Waals surface area contributed by atoms with E-state index in [2.05, 4.69) is 5.32 Å². The summed E-state index contributed by atoms with van der Waals surface area (Å²) in [5.74, 6) is 1.17. The lowest BCUT2D eigenvalue weighted by Gasteiger charge is -2.44. The van der Waals surface area contributed by atoms with E-state index in [4.69, 9.17) is 14.2 Å². The second-order valence-electron chi connectivity index (χ2n) is 12.8. The predicted molar refractivity (Wildman–Crippen MR) is 162 cm³/mol. The summed E-state index contributed by atoms with van der Waals surface area (Å²) in [5, 5.41) is 15.5. The van der Waals surface area contributed by atoms with Gasteiger partial charge in [0, 0.05) is 50.2 Å². The van der Waals surface area contributed by atoms with E-state index in [1.54, 1.807) is 7.11 Å². The predicted octanol–water partition coefficient (Wildman–Crippen LogP) is 6.42. The van der Waals surface area contributed by atoms with Gasteiger partial charge in [-0.05, 0) is 90.3 Å². The van der Waals surface area contributed by atoms with Gasteiger partial charge >= 0.3 is 6.09 Å². The molecule has 0 bridgehead atoms. The van der Waals surface area contributed by atoms with Gasteiger partial charge in [-0.15, -0.1) is 0 Å². The zero-order chi connectivity index (χ0) is 30.2. The Kier molecular flexibility index (Phi) is 10.9. The van der Waals surface area contributed by atoms with Crippen molar-refractivity contribution in [1.29, 1.82) is 0 Å². The number of unbranched alkanes of at least 4 members (excludes halogenated alkanes) is 1. The van der Waals surface area contributed by atoms with Crippen LogP contribution in [0.25, 0.3) is 0 Å². The van der Waals surface area contributed by atoms with Crippen LogP contribution in [0.5, 0.6) is 11.5 Å². The molecule has 4 rings (SSSR count). The molecule has 1 saturated carbocycles. The van der Waals surface area contributed by atoms with Crippen LogP contribution in [0.4, 0.5) is 4.79 Å².